The van der Waals surface area contributed by atoms with E-state index in [2.05, 4.69) is 49.4 Å². The average molecular weight is 591 g/mol. The zero-order chi connectivity index (χ0) is 30.9. The van der Waals surface area contributed by atoms with Gasteiger partial charge in [-0.15, -0.1) is 0 Å². The average Bonchev–Trinajstić information content (AvgIpc) is 2.98. The Morgan fingerprint density at radius 3 is 2.26 bits per heavy atom. The molecule has 3 aromatic rings. The molecule has 0 aromatic heterocycles. The highest BCUT2D eigenvalue weighted by Gasteiger charge is 2.42. The smallest absolute Gasteiger partial charge is 0.344 e. The minimum absolute atomic E-state index is 0.100. The van der Waals surface area contributed by atoms with E-state index in [0.717, 1.165) is 42.7 Å². The molecule has 0 amide bonds. The van der Waals surface area contributed by atoms with Crippen LogP contribution in [0.3, 0.4) is 0 Å². The Labute approximate surface area is 256 Å². The summed E-state index contributed by atoms with van der Waals surface area (Å²) in [5, 5.41) is 0. The highest BCUT2D eigenvalue weighted by atomic mass is 16.7. The van der Waals surface area contributed by atoms with Crippen LogP contribution in [-0.2, 0) is 37.4 Å². The van der Waals surface area contributed by atoms with Gasteiger partial charge in [-0.25, -0.2) is 4.79 Å². The van der Waals surface area contributed by atoms with Crippen molar-refractivity contribution in [3.05, 3.63) is 89.0 Å². The summed E-state index contributed by atoms with van der Waals surface area (Å²) in [6, 6.07) is 22.9. The summed E-state index contributed by atoms with van der Waals surface area (Å²) in [5.74, 6) is 2.20. The number of hydrogen-bond donors (Lipinski definition) is 0. The van der Waals surface area contributed by atoms with E-state index in [1.165, 1.54) is 16.7 Å². The molecule has 4 rings (SSSR count). The van der Waals surface area contributed by atoms with Crippen molar-refractivity contribution < 1.29 is 33.2 Å². The first-order chi connectivity index (χ1) is 20.6. The number of unbranched alkanes of at least 4 members (excludes halogenated alkanes) is 1. The second kappa shape index (κ2) is 14.8. The molecule has 7 heteroatoms. The van der Waals surface area contributed by atoms with Crippen LogP contribution in [0.2, 0.25) is 0 Å². The van der Waals surface area contributed by atoms with Gasteiger partial charge in [0.15, 0.2) is 13.4 Å². The fraction of sp³-hybridized carbons (Fsp3) is 0.472. The summed E-state index contributed by atoms with van der Waals surface area (Å²) < 4.78 is 33.4. The third-order valence-corrected chi connectivity index (χ3v) is 7.83. The Morgan fingerprint density at radius 2 is 1.58 bits per heavy atom. The van der Waals surface area contributed by atoms with Crippen LogP contribution in [0.5, 0.6) is 17.2 Å². The molecule has 0 saturated carbocycles. The van der Waals surface area contributed by atoms with E-state index in [1.807, 2.05) is 45.0 Å². The van der Waals surface area contributed by atoms with Gasteiger partial charge in [0.1, 0.15) is 22.8 Å². The molecule has 1 heterocycles. The molecule has 0 fully saturated rings. The number of carbonyl (C=O) groups excluding carboxylic acids is 1. The Hall–Kier alpha value is -3.55. The van der Waals surface area contributed by atoms with E-state index < -0.39 is 5.60 Å². The van der Waals surface area contributed by atoms with E-state index in [1.54, 1.807) is 14.2 Å². The van der Waals surface area contributed by atoms with Crippen LogP contribution in [0.25, 0.3) is 0 Å². The van der Waals surface area contributed by atoms with Crippen molar-refractivity contribution in [1.82, 2.24) is 0 Å². The molecule has 2 unspecified atom stereocenters. The zero-order valence-electron chi connectivity index (χ0n) is 26.4. The maximum Gasteiger partial charge on any atom is 0.344 e. The van der Waals surface area contributed by atoms with Gasteiger partial charge in [-0.2, -0.15) is 0 Å². The standard InChI is InChI=1S/C36H46O7/c1-35(2,3)43-34(37)23-40-29-17-13-26(14-18-29)9-7-8-10-32-31-20-19-30(42-25-39-6)21-33(31)41-24-36(32,4)28-15-11-27(12-16-28)22-38-5/h11-21,32H,7-10,22-25H2,1-6H3. The lowest BCUT2D eigenvalue weighted by atomic mass is 9.66. The van der Waals surface area contributed by atoms with Crippen molar-refractivity contribution in [1.29, 1.82) is 0 Å². The Kier molecular flexibility index (Phi) is 11.1. The number of aryl methyl sites for hydroxylation is 1. The van der Waals surface area contributed by atoms with Gasteiger partial charge in [0.25, 0.3) is 0 Å². The van der Waals surface area contributed by atoms with Crippen molar-refractivity contribution in [2.75, 3.05) is 34.2 Å². The normalized spacial score (nSPS) is 18.0. The van der Waals surface area contributed by atoms with Crippen LogP contribution in [-0.4, -0.2) is 45.8 Å². The lowest BCUT2D eigenvalue weighted by molar-refractivity contribution is -0.157. The van der Waals surface area contributed by atoms with Gasteiger partial charge in [-0.1, -0.05) is 55.8 Å². The number of ether oxygens (including phenoxy) is 6. The Bertz CT molecular complexity index is 1310. The lowest BCUT2D eigenvalue weighted by Crippen LogP contribution is -2.40. The van der Waals surface area contributed by atoms with Crippen molar-refractivity contribution in [3.8, 4) is 17.2 Å². The van der Waals surface area contributed by atoms with Gasteiger partial charge < -0.3 is 28.4 Å². The molecule has 0 spiro atoms. The number of fused-ring (bicyclic) bond motifs is 1. The molecule has 2 atom stereocenters. The summed E-state index contributed by atoms with van der Waals surface area (Å²) in [5.41, 5.74) is 4.18. The quantitative estimate of drug-likeness (QED) is 0.110. The van der Waals surface area contributed by atoms with Crippen LogP contribution in [0.1, 0.15) is 75.1 Å². The van der Waals surface area contributed by atoms with Gasteiger partial charge >= 0.3 is 5.97 Å². The van der Waals surface area contributed by atoms with Crippen molar-refractivity contribution >= 4 is 5.97 Å². The summed E-state index contributed by atoms with van der Waals surface area (Å²) in [6.07, 6.45) is 4.12. The van der Waals surface area contributed by atoms with Gasteiger partial charge in [0.2, 0.25) is 0 Å². The first kappa shape index (κ1) is 32.4. The number of carbonyl (C=O) groups is 1. The second-order valence-corrected chi connectivity index (χ2v) is 12.4. The third-order valence-electron chi connectivity index (χ3n) is 7.83. The van der Waals surface area contributed by atoms with Crippen LogP contribution in [0.15, 0.2) is 66.7 Å². The number of hydrogen-bond acceptors (Lipinski definition) is 7. The summed E-state index contributed by atoms with van der Waals surface area (Å²) in [7, 11) is 3.33. The molecular formula is C36H46O7. The fourth-order valence-corrected chi connectivity index (χ4v) is 5.67. The number of rotatable bonds is 14. The molecule has 3 aromatic carbocycles. The topological polar surface area (TPSA) is 72.5 Å². The van der Waals surface area contributed by atoms with Crippen LogP contribution >= 0.6 is 0 Å². The molecule has 232 valence electrons. The van der Waals surface area contributed by atoms with E-state index in [0.29, 0.717) is 19.0 Å². The zero-order valence-corrected chi connectivity index (χ0v) is 26.4. The molecule has 0 bridgehead atoms. The monoisotopic (exact) mass is 590 g/mol. The Morgan fingerprint density at radius 1 is 0.884 bits per heavy atom. The van der Waals surface area contributed by atoms with E-state index in [-0.39, 0.29) is 30.7 Å². The highest BCUT2D eigenvalue weighted by molar-refractivity contribution is 5.71. The summed E-state index contributed by atoms with van der Waals surface area (Å²) in [6.45, 7) is 9.14. The van der Waals surface area contributed by atoms with Gasteiger partial charge in [0, 0.05) is 31.6 Å². The third kappa shape index (κ3) is 8.97. The second-order valence-electron chi connectivity index (χ2n) is 12.4. The SMILES string of the molecule is COCOc1ccc2c(c1)OCC(C)(c1ccc(COC)cc1)C2CCCCc1ccc(OCC(=O)OC(C)(C)C)cc1. The molecule has 0 N–H and O–H groups in total. The van der Waals surface area contributed by atoms with Gasteiger partial charge in [-0.05, 0) is 80.5 Å². The molecule has 1 aliphatic rings. The van der Waals surface area contributed by atoms with Crippen molar-refractivity contribution in [2.45, 2.75) is 76.9 Å². The summed E-state index contributed by atoms with van der Waals surface area (Å²) >= 11 is 0. The number of benzene rings is 3. The molecule has 1 aliphatic heterocycles. The highest BCUT2D eigenvalue weighted by Crippen LogP contribution is 2.49. The van der Waals surface area contributed by atoms with Crippen LogP contribution in [0, 0.1) is 0 Å². The Balaban J connectivity index is 1.41. The first-order valence-electron chi connectivity index (χ1n) is 15.0. The predicted octanol–water partition coefficient (Wildman–Crippen LogP) is 7.38. The van der Waals surface area contributed by atoms with Crippen LogP contribution < -0.4 is 14.2 Å². The van der Waals surface area contributed by atoms with Crippen molar-refractivity contribution in [3.63, 3.8) is 0 Å². The van der Waals surface area contributed by atoms with Gasteiger partial charge in [0.05, 0.1) is 13.2 Å². The molecule has 0 aliphatic carbocycles. The number of esters is 1. The fourth-order valence-electron chi connectivity index (χ4n) is 5.67. The van der Waals surface area contributed by atoms with Gasteiger partial charge in [-0.3, -0.25) is 0 Å². The largest absolute Gasteiger partial charge is 0.492 e. The molecule has 43 heavy (non-hydrogen) atoms. The summed E-state index contributed by atoms with van der Waals surface area (Å²) in [4.78, 5) is 11.9. The van der Waals surface area contributed by atoms with E-state index in [4.69, 9.17) is 28.4 Å². The van der Waals surface area contributed by atoms with E-state index >= 15 is 0 Å². The minimum atomic E-state index is -0.523. The molecule has 7 nitrogen and oxygen atoms in total. The minimum Gasteiger partial charge on any atom is -0.492 e. The molecule has 0 saturated heterocycles. The molecule has 0 radical (unpaired) electrons. The maximum absolute atomic E-state index is 11.9. The van der Waals surface area contributed by atoms with Crippen molar-refractivity contribution in [2.24, 2.45) is 0 Å². The van der Waals surface area contributed by atoms with E-state index in [9.17, 15) is 4.79 Å². The predicted molar refractivity (Wildman–Crippen MR) is 167 cm³/mol. The first-order valence-corrected chi connectivity index (χ1v) is 15.0. The number of methoxy groups -OCH3 is 2. The molecular weight excluding hydrogens is 544 g/mol. The lowest BCUT2D eigenvalue weighted by Gasteiger charge is -2.43. The van der Waals surface area contributed by atoms with Crippen LogP contribution in [0.4, 0.5) is 0 Å². The maximum atomic E-state index is 11.9.